The molecule has 0 saturated heterocycles. The smallest absolute Gasteiger partial charge is 0.267 e. The molecule has 1 aliphatic rings. The summed E-state index contributed by atoms with van der Waals surface area (Å²) < 4.78 is 74.6. The molecule has 0 radical (unpaired) electrons. The third kappa shape index (κ3) is 8.72. The van der Waals surface area contributed by atoms with E-state index >= 15 is 0 Å². The third-order valence-electron chi connectivity index (χ3n) is 8.14. The molecule has 13 nitrogen and oxygen atoms in total. The van der Waals surface area contributed by atoms with Crippen molar-refractivity contribution in [3.8, 4) is 5.75 Å². The molecule has 260 valence electrons. The highest BCUT2D eigenvalue weighted by molar-refractivity contribution is 7.92. The van der Waals surface area contributed by atoms with Gasteiger partial charge in [-0.3, -0.25) is 9.52 Å². The number of ether oxygens (including phenoxy) is 2. The number of hydrogen-bond donors (Lipinski definition) is 2. The molecule has 2 N–H and O–H groups in total. The lowest BCUT2D eigenvalue weighted by Gasteiger charge is -2.35. The van der Waals surface area contributed by atoms with E-state index in [1.54, 1.807) is 30.5 Å². The van der Waals surface area contributed by atoms with E-state index in [-0.39, 0.29) is 69.3 Å². The van der Waals surface area contributed by atoms with Crippen LogP contribution in [0.4, 0.5) is 5.69 Å². The fourth-order valence-electron chi connectivity index (χ4n) is 5.43. The van der Waals surface area contributed by atoms with Crippen molar-refractivity contribution in [3.63, 3.8) is 0 Å². The van der Waals surface area contributed by atoms with Crippen LogP contribution in [0.5, 0.6) is 5.75 Å². The van der Waals surface area contributed by atoms with Crippen LogP contribution >= 0.6 is 11.3 Å². The standard InChI is InChI=1S/C31H44N4O9S3/c1-20-17-35(21(2)19-36)31(37)26-16-25(33-46(38,39)30-23(4)32-44-24(30)5)12-13-27(26)43-22(3)10-7-8-14-42-28(20)18-34(6)47(40,41)29-11-9-15-45-29/h9,11-13,15-16,20-22,28,33,36H,7-8,10,14,17-19H2,1-6H3/t20-,21-,22+,28+/m1/s1. The Labute approximate surface area is 280 Å². The zero-order chi connectivity index (χ0) is 34.5. The molecule has 0 aliphatic carbocycles. The number of nitrogens with one attached hydrogen (secondary N) is 1. The van der Waals surface area contributed by atoms with Crippen LogP contribution < -0.4 is 9.46 Å². The molecule has 4 atom stereocenters. The highest BCUT2D eigenvalue weighted by Gasteiger charge is 2.33. The SMILES string of the molecule is Cc1noc(C)c1S(=O)(=O)Nc1ccc2c(c1)C(=O)N([C@H](C)CO)C[C@@H](C)[C@H](CN(C)S(=O)(=O)c1cccs1)OCCCC[C@H](C)O2. The van der Waals surface area contributed by atoms with E-state index in [0.717, 1.165) is 17.8 Å². The maximum absolute atomic E-state index is 14.3. The summed E-state index contributed by atoms with van der Waals surface area (Å²) in [5.41, 5.74) is 0.431. The Morgan fingerprint density at radius 2 is 1.91 bits per heavy atom. The average Bonchev–Trinajstić information content (AvgIpc) is 3.69. The summed E-state index contributed by atoms with van der Waals surface area (Å²) in [5.74, 6) is -0.447. The normalized spacial score (nSPS) is 21.1. The molecule has 16 heteroatoms. The number of hydrogen-bond acceptors (Lipinski definition) is 11. The lowest BCUT2D eigenvalue weighted by atomic mass is 10.0. The summed E-state index contributed by atoms with van der Waals surface area (Å²) in [5, 5.41) is 15.6. The molecule has 0 unspecified atom stereocenters. The van der Waals surface area contributed by atoms with Crippen LogP contribution in [-0.4, -0.2) is 93.8 Å². The second-order valence-electron chi connectivity index (χ2n) is 12.0. The van der Waals surface area contributed by atoms with Gasteiger partial charge in [0.1, 0.15) is 15.7 Å². The first-order chi connectivity index (χ1) is 22.1. The van der Waals surface area contributed by atoms with E-state index in [0.29, 0.717) is 19.4 Å². The number of rotatable bonds is 9. The first kappa shape index (κ1) is 36.8. The number of amides is 1. The van der Waals surface area contributed by atoms with E-state index in [4.69, 9.17) is 14.0 Å². The fourth-order valence-corrected chi connectivity index (χ4v) is 9.19. The number of carbonyl (C=O) groups excluding carboxylic acids is 1. The number of aromatic nitrogens is 1. The van der Waals surface area contributed by atoms with Gasteiger partial charge in [-0.05, 0) is 76.6 Å². The Morgan fingerprint density at radius 3 is 2.55 bits per heavy atom. The second kappa shape index (κ2) is 15.5. The minimum Gasteiger partial charge on any atom is -0.490 e. The first-order valence-corrected chi connectivity index (χ1v) is 19.3. The van der Waals surface area contributed by atoms with Crippen LogP contribution in [0.2, 0.25) is 0 Å². The average molecular weight is 713 g/mol. The van der Waals surface area contributed by atoms with Gasteiger partial charge in [-0.2, -0.15) is 4.31 Å². The predicted octanol–water partition coefficient (Wildman–Crippen LogP) is 4.27. The Hall–Kier alpha value is -3.02. The molecule has 0 bridgehead atoms. The number of likely N-dealkylation sites (N-methyl/N-ethyl adjacent to an activating group) is 1. The second-order valence-corrected chi connectivity index (χ2v) is 16.8. The summed E-state index contributed by atoms with van der Waals surface area (Å²) in [4.78, 5) is 15.7. The number of fused-ring (bicyclic) bond motifs is 1. The molecular formula is C31H44N4O9S3. The van der Waals surface area contributed by atoms with Gasteiger partial charge < -0.3 is 24.0 Å². The quantitative estimate of drug-likeness (QED) is 0.327. The minimum atomic E-state index is -4.11. The van der Waals surface area contributed by atoms with Crippen LogP contribution in [0.25, 0.3) is 0 Å². The van der Waals surface area contributed by atoms with Gasteiger partial charge in [-0.1, -0.05) is 18.1 Å². The number of carbonyl (C=O) groups is 1. The summed E-state index contributed by atoms with van der Waals surface area (Å²) in [6.45, 7) is 8.70. The number of nitrogens with zero attached hydrogens (tertiary/aromatic N) is 3. The van der Waals surface area contributed by atoms with E-state index in [1.807, 2.05) is 13.8 Å². The molecular weight excluding hydrogens is 669 g/mol. The summed E-state index contributed by atoms with van der Waals surface area (Å²) >= 11 is 1.14. The van der Waals surface area contributed by atoms with Crippen LogP contribution in [0.15, 0.2) is 49.3 Å². The van der Waals surface area contributed by atoms with Crippen LogP contribution in [0.3, 0.4) is 0 Å². The highest BCUT2D eigenvalue weighted by atomic mass is 32.2. The number of thiophene rings is 1. The lowest BCUT2D eigenvalue weighted by molar-refractivity contribution is -0.00832. The molecule has 1 aliphatic heterocycles. The van der Waals surface area contributed by atoms with Crippen LogP contribution in [-0.2, 0) is 24.8 Å². The molecule has 47 heavy (non-hydrogen) atoms. The van der Waals surface area contributed by atoms with Crippen molar-refractivity contribution in [2.24, 2.45) is 5.92 Å². The zero-order valence-electron chi connectivity index (χ0n) is 27.5. The number of aliphatic hydroxyl groups is 1. The van der Waals surface area contributed by atoms with E-state index in [9.17, 15) is 26.7 Å². The van der Waals surface area contributed by atoms with Gasteiger partial charge in [0.2, 0.25) is 0 Å². The van der Waals surface area contributed by atoms with E-state index in [2.05, 4.69) is 9.88 Å². The van der Waals surface area contributed by atoms with Crippen molar-refractivity contribution in [1.29, 1.82) is 0 Å². The molecule has 0 fully saturated rings. The van der Waals surface area contributed by atoms with Gasteiger partial charge in [0.15, 0.2) is 10.7 Å². The number of sulfonamides is 2. The molecule has 2 aromatic heterocycles. The van der Waals surface area contributed by atoms with Crippen molar-refractivity contribution in [2.45, 2.75) is 81.2 Å². The van der Waals surface area contributed by atoms with Crippen molar-refractivity contribution >= 4 is 43.0 Å². The number of aryl methyl sites for hydroxylation is 2. The van der Waals surface area contributed by atoms with Gasteiger partial charge in [0, 0.05) is 38.3 Å². The maximum atomic E-state index is 14.3. The molecule has 0 spiro atoms. The minimum absolute atomic E-state index is 0.0562. The van der Waals surface area contributed by atoms with Gasteiger partial charge in [0.05, 0.1) is 30.4 Å². The first-order valence-electron chi connectivity index (χ1n) is 15.4. The highest BCUT2D eigenvalue weighted by Crippen LogP contribution is 2.31. The number of anilines is 1. The fraction of sp³-hybridized carbons (Fsp3) is 0.548. The van der Waals surface area contributed by atoms with Gasteiger partial charge in [-0.25, -0.2) is 16.8 Å². The van der Waals surface area contributed by atoms with Crippen LogP contribution in [0.1, 0.15) is 61.8 Å². The Bertz CT molecular complexity index is 1710. The lowest BCUT2D eigenvalue weighted by Crippen LogP contribution is -2.48. The molecule has 4 rings (SSSR count). The topological polar surface area (TPSA) is 169 Å². The Morgan fingerprint density at radius 1 is 1.17 bits per heavy atom. The summed E-state index contributed by atoms with van der Waals surface area (Å²) in [6, 6.07) is 7.10. The monoisotopic (exact) mass is 712 g/mol. The maximum Gasteiger partial charge on any atom is 0.267 e. The molecule has 1 aromatic carbocycles. The number of aliphatic hydroxyl groups excluding tert-OH is 1. The molecule has 3 aromatic rings. The number of benzene rings is 1. The Kier molecular flexibility index (Phi) is 12.1. The van der Waals surface area contributed by atoms with Crippen molar-refractivity contribution in [2.75, 3.05) is 38.1 Å². The molecule has 1 amide bonds. The van der Waals surface area contributed by atoms with Gasteiger partial charge in [0.25, 0.3) is 26.0 Å². The van der Waals surface area contributed by atoms with Gasteiger partial charge in [-0.15, -0.1) is 11.3 Å². The van der Waals surface area contributed by atoms with Crippen molar-refractivity contribution < 1.29 is 40.7 Å². The third-order valence-corrected chi connectivity index (χ3v) is 13.0. The molecule has 3 heterocycles. The van der Waals surface area contributed by atoms with E-state index < -0.39 is 38.1 Å². The summed E-state index contributed by atoms with van der Waals surface area (Å²) in [6.07, 6.45) is 1.28. The van der Waals surface area contributed by atoms with Gasteiger partial charge >= 0.3 is 0 Å². The van der Waals surface area contributed by atoms with Crippen LogP contribution in [0, 0.1) is 19.8 Å². The predicted molar refractivity (Wildman–Crippen MR) is 178 cm³/mol. The Balaban J connectivity index is 1.69. The zero-order valence-corrected chi connectivity index (χ0v) is 30.0. The largest absolute Gasteiger partial charge is 0.490 e. The van der Waals surface area contributed by atoms with Crippen molar-refractivity contribution in [1.82, 2.24) is 14.4 Å². The molecule has 0 saturated carbocycles. The van der Waals surface area contributed by atoms with E-state index in [1.165, 1.54) is 42.2 Å². The van der Waals surface area contributed by atoms with Crippen molar-refractivity contribution in [3.05, 3.63) is 52.7 Å². The summed E-state index contributed by atoms with van der Waals surface area (Å²) in [7, 11) is -6.34.